The lowest BCUT2D eigenvalue weighted by Gasteiger charge is -2.20. The Morgan fingerprint density at radius 2 is 1.95 bits per heavy atom. The minimum Gasteiger partial charge on any atom is -0.361 e. The smallest absolute Gasteiger partial charge is 0.244 e. The van der Waals surface area contributed by atoms with Crippen molar-refractivity contribution in [2.24, 2.45) is 5.73 Å². The maximum absolute atomic E-state index is 12.3. The van der Waals surface area contributed by atoms with Gasteiger partial charge in [0.05, 0.1) is 6.54 Å². The molecule has 2 aromatic rings. The second-order valence-electron chi connectivity index (χ2n) is 5.01. The van der Waals surface area contributed by atoms with Gasteiger partial charge in [-0.25, -0.2) is 0 Å². The highest BCUT2D eigenvalue weighted by Crippen LogP contribution is 2.15. The van der Waals surface area contributed by atoms with E-state index in [0.717, 1.165) is 22.6 Å². The molecule has 0 aliphatic carbocycles. The summed E-state index contributed by atoms with van der Waals surface area (Å²) >= 11 is 0. The van der Waals surface area contributed by atoms with Crippen molar-refractivity contribution in [1.82, 2.24) is 10.1 Å². The minimum atomic E-state index is -0.659. The third-order valence-corrected chi connectivity index (χ3v) is 3.15. The van der Waals surface area contributed by atoms with E-state index >= 15 is 0 Å². The molecule has 21 heavy (non-hydrogen) atoms. The highest BCUT2D eigenvalue weighted by molar-refractivity contribution is 5.85. The number of benzene rings is 1. The molecule has 6 heteroatoms. The van der Waals surface area contributed by atoms with Gasteiger partial charge in [0, 0.05) is 13.1 Å². The summed E-state index contributed by atoms with van der Waals surface area (Å²) in [4.78, 5) is 13.8. The van der Waals surface area contributed by atoms with Crippen molar-refractivity contribution in [3.05, 3.63) is 52.9 Å². The number of amides is 1. The predicted octanol–water partition coefficient (Wildman–Crippen LogP) is 2.37. The number of aromatic nitrogens is 1. The van der Waals surface area contributed by atoms with Crippen molar-refractivity contribution in [2.45, 2.75) is 26.4 Å². The average molecular weight is 310 g/mol. The van der Waals surface area contributed by atoms with Gasteiger partial charge >= 0.3 is 0 Å². The van der Waals surface area contributed by atoms with Crippen LogP contribution in [0.4, 0.5) is 0 Å². The van der Waals surface area contributed by atoms with Gasteiger partial charge in [-0.1, -0.05) is 35.0 Å². The summed E-state index contributed by atoms with van der Waals surface area (Å²) in [5.41, 5.74) is 8.68. The lowest BCUT2D eigenvalue weighted by Crippen LogP contribution is -2.35. The topological polar surface area (TPSA) is 72.4 Å². The highest BCUT2D eigenvalue weighted by Gasteiger charge is 2.20. The summed E-state index contributed by atoms with van der Waals surface area (Å²) in [6.45, 7) is 4.20. The van der Waals surface area contributed by atoms with E-state index in [1.807, 2.05) is 38.1 Å². The number of rotatable bonds is 4. The predicted molar refractivity (Wildman–Crippen MR) is 83.1 cm³/mol. The Morgan fingerprint density at radius 3 is 2.48 bits per heavy atom. The summed E-state index contributed by atoms with van der Waals surface area (Å²) in [5, 5.41) is 3.87. The van der Waals surface area contributed by atoms with Crippen molar-refractivity contribution in [3.63, 3.8) is 0 Å². The van der Waals surface area contributed by atoms with Gasteiger partial charge in [-0.2, -0.15) is 0 Å². The van der Waals surface area contributed by atoms with Crippen molar-refractivity contribution >= 4 is 18.3 Å². The van der Waals surface area contributed by atoms with E-state index in [1.54, 1.807) is 18.0 Å². The molecule has 0 saturated heterocycles. The second kappa shape index (κ2) is 7.24. The standard InChI is InChI=1S/C15H19N3O2.ClH/c1-10-4-6-12(7-5-10)14(16)15(19)18(3)9-13-8-11(2)20-17-13;/h4-8,14H,9,16H2,1-3H3;1H. The Labute approximate surface area is 130 Å². The first kappa shape index (κ1) is 17.2. The van der Waals surface area contributed by atoms with Gasteiger partial charge in [0.25, 0.3) is 0 Å². The second-order valence-corrected chi connectivity index (χ2v) is 5.01. The molecule has 1 heterocycles. The van der Waals surface area contributed by atoms with Crippen LogP contribution in [0, 0.1) is 13.8 Å². The molecule has 5 nitrogen and oxygen atoms in total. The van der Waals surface area contributed by atoms with Crippen LogP contribution in [0.5, 0.6) is 0 Å². The molecule has 1 atom stereocenters. The molecule has 1 aromatic heterocycles. The van der Waals surface area contributed by atoms with Gasteiger partial charge in [0.1, 0.15) is 17.5 Å². The summed E-state index contributed by atoms with van der Waals surface area (Å²) in [5.74, 6) is 0.582. The van der Waals surface area contributed by atoms with Crippen LogP contribution in [-0.4, -0.2) is 23.0 Å². The Bertz CT molecular complexity index is 595. The molecule has 1 aromatic carbocycles. The van der Waals surface area contributed by atoms with E-state index in [1.165, 1.54) is 0 Å². The first-order valence-corrected chi connectivity index (χ1v) is 6.46. The molecule has 1 unspecified atom stereocenters. The zero-order valence-electron chi connectivity index (χ0n) is 12.4. The van der Waals surface area contributed by atoms with Gasteiger partial charge in [0.2, 0.25) is 5.91 Å². The SMILES string of the molecule is Cc1ccc(C(N)C(=O)N(C)Cc2cc(C)on2)cc1.Cl. The summed E-state index contributed by atoms with van der Waals surface area (Å²) in [6, 6.07) is 8.81. The zero-order chi connectivity index (χ0) is 14.7. The molecule has 1 amide bonds. The van der Waals surface area contributed by atoms with Crippen molar-refractivity contribution in [3.8, 4) is 0 Å². The molecule has 0 radical (unpaired) electrons. The van der Waals surface area contributed by atoms with Crippen LogP contribution >= 0.6 is 12.4 Å². The fourth-order valence-corrected chi connectivity index (χ4v) is 1.97. The van der Waals surface area contributed by atoms with Crippen LogP contribution in [-0.2, 0) is 11.3 Å². The number of halogens is 1. The molecule has 114 valence electrons. The lowest BCUT2D eigenvalue weighted by molar-refractivity contribution is -0.132. The van der Waals surface area contributed by atoms with Gasteiger partial charge < -0.3 is 15.2 Å². The van der Waals surface area contributed by atoms with Crippen molar-refractivity contribution in [1.29, 1.82) is 0 Å². The maximum Gasteiger partial charge on any atom is 0.244 e. The number of hydrogen-bond donors (Lipinski definition) is 1. The van der Waals surface area contributed by atoms with Crippen LogP contribution in [0.1, 0.15) is 28.6 Å². The normalized spacial score (nSPS) is 11.6. The number of aryl methyl sites for hydroxylation is 2. The molecule has 0 aliphatic heterocycles. The van der Waals surface area contributed by atoms with Gasteiger partial charge in [-0.15, -0.1) is 12.4 Å². The summed E-state index contributed by atoms with van der Waals surface area (Å²) in [7, 11) is 1.71. The molecule has 2 N–H and O–H groups in total. The van der Waals surface area contributed by atoms with E-state index in [0.29, 0.717) is 6.54 Å². The van der Waals surface area contributed by atoms with E-state index < -0.39 is 6.04 Å². The van der Waals surface area contributed by atoms with E-state index in [4.69, 9.17) is 10.3 Å². The number of nitrogens with zero attached hydrogens (tertiary/aromatic N) is 2. The Hall–Kier alpha value is -1.85. The molecular formula is C15H20ClN3O2. The van der Waals surface area contributed by atoms with Crippen LogP contribution in [0.25, 0.3) is 0 Å². The van der Waals surface area contributed by atoms with E-state index in [2.05, 4.69) is 5.16 Å². The fourth-order valence-electron chi connectivity index (χ4n) is 1.97. The van der Waals surface area contributed by atoms with Crippen LogP contribution < -0.4 is 5.73 Å². The quantitative estimate of drug-likeness (QED) is 0.941. The first-order valence-electron chi connectivity index (χ1n) is 6.46. The van der Waals surface area contributed by atoms with E-state index in [9.17, 15) is 4.79 Å². The highest BCUT2D eigenvalue weighted by atomic mass is 35.5. The molecule has 0 spiro atoms. The minimum absolute atomic E-state index is 0. The van der Waals surface area contributed by atoms with Gasteiger partial charge in [-0.05, 0) is 19.4 Å². The zero-order valence-corrected chi connectivity index (χ0v) is 13.2. The Kier molecular flexibility index (Phi) is 5.93. The molecule has 2 rings (SSSR count). The number of nitrogens with two attached hydrogens (primary N) is 1. The largest absolute Gasteiger partial charge is 0.361 e. The van der Waals surface area contributed by atoms with Crippen molar-refractivity contribution < 1.29 is 9.32 Å². The first-order chi connectivity index (χ1) is 9.47. The van der Waals surface area contributed by atoms with Crippen molar-refractivity contribution in [2.75, 3.05) is 7.05 Å². The maximum atomic E-state index is 12.3. The molecule has 0 fully saturated rings. The number of hydrogen-bond acceptors (Lipinski definition) is 4. The summed E-state index contributed by atoms with van der Waals surface area (Å²) in [6.07, 6.45) is 0. The third-order valence-electron chi connectivity index (χ3n) is 3.15. The lowest BCUT2D eigenvalue weighted by atomic mass is 10.0. The molecular weight excluding hydrogens is 290 g/mol. The fraction of sp³-hybridized carbons (Fsp3) is 0.333. The molecule has 0 bridgehead atoms. The van der Waals surface area contributed by atoms with Crippen LogP contribution in [0.2, 0.25) is 0 Å². The molecule has 0 aliphatic rings. The molecule has 0 saturated carbocycles. The number of carbonyl (C=O) groups excluding carboxylic acids is 1. The Balaban J connectivity index is 0.00000220. The third kappa shape index (κ3) is 4.31. The number of carbonyl (C=O) groups is 1. The van der Waals surface area contributed by atoms with Gasteiger partial charge in [0.15, 0.2) is 0 Å². The van der Waals surface area contributed by atoms with E-state index in [-0.39, 0.29) is 18.3 Å². The van der Waals surface area contributed by atoms with Gasteiger partial charge in [-0.3, -0.25) is 4.79 Å². The Morgan fingerprint density at radius 1 is 1.33 bits per heavy atom. The average Bonchev–Trinajstić information content (AvgIpc) is 2.83. The number of likely N-dealkylation sites (N-methyl/N-ethyl adjacent to an activating group) is 1. The van der Waals surface area contributed by atoms with Crippen LogP contribution in [0.15, 0.2) is 34.9 Å². The van der Waals surface area contributed by atoms with Crippen LogP contribution in [0.3, 0.4) is 0 Å². The summed E-state index contributed by atoms with van der Waals surface area (Å²) < 4.78 is 4.98. The monoisotopic (exact) mass is 309 g/mol.